The SMILES string of the molecule is O=[N+]([O-])c1cc(S(=O)(=O)Nc2cccc(Oc3cnccn3)c2)ccc1Cl. The fourth-order valence-electron chi connectivity index (χ4n) is 2.10. The zero-order valence-corrected chi connectivity index (χ0v) is 15.0. The Balaban J connectivity index is 1.85. The third-order valence-corrected chi connectivity index (χ3v) is 4.97. The van der Waals surface area contributed by atoms with Gasteiger partial charge in [0.2, 0.25) is 5.88 Å². The van der Waals surface area contributed by atoms with E-state index in [4.69, 9.17) is 16.3 Å². The summed E-state index contributed by atoms with van der Waals surface area (Å²) in [4.78, 5) is 17.7. The molecule has 138 valence electrons. The van der Waals surface area contributed by atoms with Gasteiger partial charge in [0, 0.05) is 24.5 Å². The van der Waals surface area contributed by atoms with Crippen LogP contribution in [0.2, 0.25) is 5.02 Å². The standard InChI is InChI=1S/C16H11ClN4O5S/c17-14-5-4-13(9-15(14)21(22)23)27(24,25)20-11-2-1-3-12(8-11)26-16-10-18-6-7-19-16/h1-10,20H. The van der Waals surface area contributed by atoms with Gasteiger partial charge in [-0.1, -0.05) is 17.7 Å². The van der Waals surface area contributed by atoms with Gasteiger partial charge in [-0.25, -0.2) is 13.4 Å². The summed E-state index contributed by atoms with van der Waals surface area (Å²) in [5, 5.41) is 10.8. The highest BCUT2D eigenvalue weighted by Crippen LogP contribution is 2.29. The van der Waals surface area contributed by atoms with E-state index in [1.807, 2.05) is 0 Å². The quantitative estimate of drug-likeness (QED) is 0.489. The lowest BCUT2D eigenvalue weighted by Crippen LogP contribution is -2.13. The first-order valence-electron chi connectivity index (χ1n) is 7.36. The van der Waals surface area contributed by atoms with E-state index in [0.29, 0.717) is 5.75 Å². The average molecular weight is 407 g/mol. The first-order valence-corrected chi connectivity index (χ1v) is 9.22. The number of halogens is 1. The minimum Gasteiger partial charge on any atom is -0.437 e. The number of ether oxygens (including phenoxy) is 1. The van der Waals surface area contributed by atoms with Crippen LogP contribution in [0.4, 0.5) is 11.4 Å². The summed E-state index contributed by atoms with van der Waals surface area (Å²) in [6.07, 6.45) is 4.35. The van der Waals surface area contributed by atoms with Crippen molar-refractivity contribution in [2.45, 2.75) is 4.90 Å². The molecular formula is C16H11ClN4O5S. The molecule has 0 unspecified atom stereocenters. The number of nitro benzene ring substituents is 1. The Hall–Kier alpha value is -3.24. The Bertz CT molecular complexity index is 1090. The van der Waals surface area contributed by atoms with E-state index in [1.165, 1.54) is 36.8 Å². The van der Waals surface area contributed by atoms with Gasteiger partial charge in [-0.2, -0.15) is 0 Å². The lowest BCUT2D eigenvalue weighted by atomic mass is 10.3. The van der Waals surface area contributed by atoms with Crippen molar-refractivity contribution < 1.29 is 18.1 Å². The Morgan fingerprint density at radius 1 is 1.15 bits per heavy atom. The molecule has 3 aromatic rings. The highest BCUT2D eigenvalue weighted by atomic mass is 35.5. The molecule has 1 heterocycles. The van der Waals surface area contributed by atoms with Gasteiger partial charge in [0.15, 0.2) is 0 Å². The Kier molecular flexibility index (Phi) is 5.19. The Morgan fingerprint density at radius 3 is 2.67 bits per heavy atom. The third-order valence-electron chi connectivity index (χ3n) is 3.27. The van der Waals surface area contributed by atoms with Gasteiger partial charge in [0.05, 0.1) is 21.7 Å². The first-order chi connectivity index (χ1) is 12.8. The van der Waals surface area contributed by atoms with Crippen LogP contribution in [0.3, 0.4) is 0 Å². The fraction of sp³-hybridized carbons (Fsp3) is 0. The van der Waals surface area contributed by atoms with E-state index >= 15 is 0 Å². The first kappa shape index (κ1) is 18.5. The molecule has 0 saturated heterocycles. The number of anilines is 1. The van der Waals surface area contributed by atoms with Gasteiger partial charge in [0.1, 0.15) is 10.8 Å². The number of hydrogen-bond donors (Lipinski definition) is 1. The normalized spacial score (nSPS) is 11.0. The number of rotatable bonds is 6. The molecule has 0 spiro atoms. The molecule has 0 saturated carbocycles. The molecule has 2 aromatic carbocycles. The largest absolute Gasteiger partial charge is 0.437 e. The van der Waals surface area contributed by atoms with Gasteiger partial charge >= 0.3 is 0 Å². The second-order valence-corrected chi connectivity index (χ2v) is 7.24. The molecule has 0 amide bonds. The summed E-state index contributed by atoms with van der Waals surface area (Å²) in [5.41, 5.74) is -0.298. The van der Waals surface area contributed by atoms with Crippen LogP contribution in [-0.4, -0.2) is 23.3 Å². The van der Waals surface area contributed by atoms with E-state index in [1.54, 1.807) is 12.1 Å². The number of hydrogen-bond acceptors (Lipinski definition) is 7. The molecule has 9 nitrogen and oxygen atoms in total. The second-order valence-electron chi connectivity index (χ2n) is 5.15. The molecule has 0 aliphatic rings. The van der Waals surface area contributed by atoms with E-state index in [2.05, 4.69) is 14.7 Å². The van der Waals surface area contributed by atoms with Crippen LogP contribution in [-0.2, 0) is 10.0 Å². The highest BCUT2D eigenvalue weighted by molar-refractivity contribution is 7.92. The lowest BCUT2D eigenvalue weighted by Gasteiger charge is -2.10. The predicted molar refractivity (Wildman–Crippen MR) is 97.5 cm³/mol. The number of nitro groups is 1. The van der Waals surface area contributed by atoms with Crippen molar-refractivity contribution in [3.05, 3.63) is 76.2 Å². The molecule has 0 aliphatic carbocycles. The minimum atomic E-state index is -4.07. The molecule has 1 N–H and O–H groups in total. The number of sulfonamides is 1. The van der Waals surface area contributed by atoms with Crippen molar-refractivity contribution in [1.82, 2.24) is 9.97 Å². The molecule has 11 heteroatoms. The van der Waals surface area contributed by atoms with Crippen molar-refractivity contribution in [2.75, 3.05) is 4.72 Å². The van der Waals surface area contributed by atoms with Crippen molar-refractivity contribution in [3.8, 4) is 11.6 Å². The summed E-state index contributed by atoms with van der Waals surface area (Å²) in [6.45, 7) is 0. The Labute approximate surface area is 158 Å². The summed E-state index contributed by atoms with van der Waals surface area (Å²) >= 11 is 5.71. The van der Waals surface area contributed by atoms with E-state index in [9.17, 15) is 18.5 Å². The maximum atomic E-state index is 12.5. The summed E-state index contributed by atoms with van der Waals surface area (Å²) < 4.78 is 32.9. The topological polar surface area (TPSA) is 124 Å². The van der Waals surface area contributed by atoms with Gasteiger partial charge in [0.25, 0.3) is 15.7 Å². The van der Waals surface area contributed by atoms with Crippen molar-refractivity contribution in [3.63, 3.8) is 0 Å². The van der Waals surface area contributed by atoms with Gasteiger partial charge in [-0.3, -0.25) is 19.8 Å². The third kappa shape index (κ3) is 4.49. The molecule has 0 fully saturated rings. The van der Waals surface area contributed by atoms with Crippen LogP contribution in [0, 0.1) is 10.1 Å². The van der Waals surface area contributed by atoms with Gasteiger partial charge in [-0.15, -0.1) is 0 Å². The van der Waals surface area contributed by atoms with Crippen LogP contribution < -0.4 is 9.46 Å². The molecule has 0 atom stereocenters. The summed E-state index contributed by atoms with van der Waals surface area (Å²) in [6, 6.07) is 9.36. The van der Waals surface area contributed by atoms with Gasteiger partial charge in [-0.05, 0) is 24.3 Å². The molecule has 27 heavy (non-hydrogen) atoms. The maximum Gasteiger partial charge on any atom is 0.289 e. The van der Waals surface area contributed by atoms with Crippen molar-refractivity contribution >= 4 is 33.0 Å². The van der Waals surface area contributed by atoms with Crippen LogP contribution in [0.1, 0.15) is 0 Å². The fourth-order valence-corrected chi connectivity index (χ4v) is 3.35. The number of benzene rings is 2. The van der Waals surface area contributed by atoms with E-state index in [-0.39, 0.29) is 21.5 Å². The summed E-state index contributed by atoms with van der Waals surface area (Å²) in [7, 11) is -4.07. The maximum absolute atomic E-state index is 12.5. The highest BCUT2D eigenvalue weighted by Gasteiger charge is 2.21. The van der Waals surface area contributed by atoms with E-state index < -0.39 is 20.6 Å². The minimum absolute atomic E-state index is 0.154. The number of nitrogens with zero attached hydrogens (tertiary/aromatic N) is 3. The molecule has 3 rings (SSSR count). The number of nitrogens with one attached hydrogen (secondary N) is 1. The smallest absolute Gasteiger partial charge is 0.289 e. The second kappa shape index (κ2) is 7.56. The zero-order valence-electron chi connectivity index (χ0n) is 13.4. The Morgan fingerprint density at radius 2 is 1.96 bits per heavy atom. The van der Waals surface area contributed by atoms with Crippen LogP contribution in [0.25, 0.3) is 0 Å². The molecule has 0 aliphatic heterocycles. The van der Waals surface area contributed by atoms with E-state index in [0.717, 1.165) is 12.1 Å². The molecular weight excluding hydrogens is 396 g/mol. The van der Waals surface area contributed by atoms with Crippen molar-refractivity contribution in [1.29, 1.82) is 0 Å². The predicted octanol–water partition coefficient (Wildman–Crippen LogP) is 3.63. The molecule has 0 bridgehead atoms. The zero-order chi connectivity index (χ0) is 19.4. The molecule has 1 aromatic heterocycles. The van der Waals surface area contributed by atoms with Crippen LogP contribution in [0.15, 0.2) is 66.0 Å². The number of aromatic nitrogens is 2. The van der Waals surface area contributed by atoms with Crippen LogP contribution >= 0.6 is 11.6 Å². The molecule has 0 radical (unpaired) electrons. The average Bonchev–Trinajstić information content (AvgIpc) is 2.62. The lowest BCUT2D eigenvalue weighted by molar-refractivity contribution is -0.384. The summed E-state index contributed by atoms with van der Waals surface area (Å²) in [5.74, 6) is 0.573. The van der Waals surface area contributed by atoms with Crippen LogP contribution in [0.5, 0.6) is 11.6 Å². The van der Waals surface area contributed by atoms with Gasteiger partial charge < -0.3 is 4.74 Å². The monoisotopic (exact) mass is 406 g/mol. The van der Waals surface area contributed by atoms with Crippen molar-refractivity contribution in [2.24, 2.45) is 0 Å².